The molecule has 0 aliphatic carbocycles. The lowest BCUT2D eigenvalue weighted by atomic mass is 9.97. The van der Waals surface area contributed by atoms with Crippen LogP contribution < -0.4 is 5.48 Å². The minimum absolute atomic E-state index is 0.0574. The second kappa shape index (κ2) is 9.35. The van der Waals surface area contributed by atoms with Crippen molar-refractivity contribution >= 4 is 21.8 Å². The number of amides is 1. The van der Waals surface area contributed by atoms with Crippen LogP contribution >= 0.6 is 0 Å². The predicted octanol–water partition coefficient (Wildman–Crippen LogP) is 2.99. The molecule has 0 fully saturated rings. The Morgan fingerprint density at radius 2 is 1.62 bits per heavy atom. The molecule has 3 N–H and O–H groups in total. The molecule has 2 aromatic rings. The SMILES string of the molecule is CC(O)/C=C/c1ccc(-c2ccc(CC[C@](C)(C(=O)NO)S(C)(=O)=O)cc2)cc1. The zero-order chi connectivity index (χ0) is 21.7. The van der Waals surface area contributed by atoms with E-state index >= 15 is 0 Å². The molecule has 156 valence electrons. The number of aliphatic hydroxyl groups is 1. The molecule has 0 bridgehead atoms. The first-order valence-corrected chi connectivity index (χ1v) is 11.2. The third-order valence-electron chi connectivity index (χ3n) is 5.06. The Morgan fingerprint density at radius 1 is 1.10 bits per heavy atom. The average Bonchev–Trinajstić information content (AvgIpc) is 2.69. The van der Waals surface area contributed by atoms with Crippen LogP contribution in [0.25, 0.3) is 17.2 Å². The number of carbonyl (C=O) groups excluding carboxylic acids is 1. The molecule has 0 radical (unpaired) electrons. The first kappa shape index (κ1) is 22.8. The van der Waals surface area contributed by atoms with Crippen molar-refractivity contribution in [2.45, 2.75) is 37.5 Å². The number of carbonyl (C=O) groups is 1. The van der Waals surface area contributed by atoms with Gasteiger partial charge in [0.25, 0.3) is 5.91 Å². The molecule has 2 atom stereocenters. The van der Waals surface area contributed by atoms with Gasteiger partial charge in [-0.25, -0.2) is 13.9 Å². The summed E-state index contributed by atoms with van der Waals surface area (Å²) >= 11 is 0. The summed E-state index contributed by atoms with van der Waals surface area (Å²) in [5.41, 5.74) is 5.40. The van der Waals surface area contributed by atoms with Crippen molar-refractivity contribution in [3.8, 4) is 11.1 Å². The Bertz CT molecular complexity index is 963. The van der Waals surface area contributed by atoms with Crippen LogP contribution in [0.3, 0.4) is 0 Å². The predicted molar refractivity (Wildman–Crippen MR) is 114 cm³/mol. The first-order valence-electron chi connectivity index (χ1n) is 9.26. The number of aryl methyl sites for hydroxylation is 1. The van der Waals surface area contributed by atoms with Gasteiger partial charge < -0.3 is 5.11 Å². The molecule has 0 heterocycles. The van der Waals surface area contributed by atoms with Crippen molar-refractivity contribution in [2.24, 2.45) is 0 Å². The Hall–Kier alpha value is -2.48. The normalized spacial score (nSPS) is 15.1. The molecule has 2 rings (SSSR count). The maximum Gasteiger partial charge on any atom is 0.264 e. The van der Waals surface area contributed by atoms with E-state index in [1.165, 1.54) is 12.4 Å². The van der Waals surface area contributed by atoms with Crippen molar-refractivity contribution in [1.29, 1.82) is 0 Å². The van der Waals surface area contributed by atoms with E-state index in [4.69, 9.17) is 5.21 Å². The summed E-state index contributed by atoms with van der Waals surface area (Å²) in [6, 6.07) is 15.6. The van der Waals surface area contributed by atoms with E-state index in [0.717, 1.165) is 28.5 Å². The second-order valence-electron chi connectivity index (χ2n) is 7.36. The van der Waals surface area contributed by atoms with Gasteiger partial charge in [0.15, 0.2) is 9.84 Å². The van der Waals surface area contributed by atoms with Gasteiger partial charge in [-0.05, 0) is 48.9 Å². The number of benzene rings is 2. The van der Waals surface area contributed by atoms with Crippen LogP contribution in [0.15, 0.2) is 54.6 Å². The Morgan fingerprint density at radius 3 is 2.07 bits per heavy atom. The highest BCUT2D eigenvalue weighted by Crippen LogP contribution is 2.25. The Labute approximate surface area is 171 Å². The minimum atomic E-state index is -3.70. The fourth-order valence-electron chi connectivity index (χ4n) is 2.87. The van der Waals surface area contributed by atoms with Crippen LogP contribution in [0.5, 0.6) is 0 Å². The van der Waals surface area contributed by atoms with Gasteiger partial charge in [0.1, 0.15) is 4.75 Å². The number of hydrogen-bond donors (Lipinski definition) is 3. The third-order valence-corrected chi connectivity index (χ3v) is 7.08. The first-order chi connectivity index (χ1) is 13.6. The number of rotatable bonds is 8. The van der Waals surface area contributed by atoms with Crippen LogP contribution in [-0.2, 0) is 21.1 Å². The van der Waals surface area contributed by atoms with Gasteiger partial charge in [-0.3, -0.25) is 10.0 Å². The van der Waals surface area contributed by atoms with E-state index in [9.17, 15) is 18.3 Å². The summed E-state index contributed by atoms with van der Waals surface area (Å²) in [6.45, 7) is 3.01. The highest BCUT2D eigenvalue weighted by molar-refractivity contribution is 7.92. The molecule has 0 aliphatic heterocycles. The van der Waals surface area contributed by atoms with Crippen molar-refractivity contribution in [1.82, 2.24) is 5.48 Å². The number of aliphatic hydroxyl groups excluding tert-OH is 1. The van der Waals surface area contributed by atoms with Gasteiger partial charge in [0.05, 0.1) is 6.10 Å². The molecule has 1 unspecified atom stereocenters. The Balaban J connectivity index is 2.11. The monoisotopic (exact) mass is 417 g/mol. The van der Waals surface area contributed by atoms with Crippen molar-refractivity contribution in [3.05, 3.63) is 65.7 Å². The van der Waals surface area contributed by atoms with E-state index in [0.29, 0.717) is 6.42 Å². The summed E-state index contributed by atoms with van der Waals surface area (Å²) in [5, 5.41) is 18.2. The van der Waals surface area contributed by atoms with Gasteiger partial charge >= 0.3 is 0 Å². The molecule has 0 aliphatic rings. The highest BCUT2D eigenvalue weighted by Gasteiger charge is 2.43. The quantitative estimate of drug-likeness (QED) is 0.453. The second-order valence-corrected chi connectivity index (χ2v) is 9.81. The van der Waals surface area contributed by atoms with Crippen LogP contribution in [0.2, 0.25) is 0 Å². The molecule has 0 saturated heterocycles. The van der Waals surface area contributed by atoms with Crippen molar-refractivity contribution in [3.63, 3.8) is 0 Å². The molecule has 2 aromatic carbocycles. The molecular formula is C22H27NO5S. The maximum atomic E-state index is 12.0. The van der Waals surface area contributed by atoms with Gasteiger partial charge in [0.2, 0.25) is 0 Å². The van der Waals surface area contributed by atoms with E-state index < -0.39 is 26.6 Å². The van der Waals surface area contributed by atoms with E-state index in [1.54, 1.807) is 13.0 Å². The number of hydroxylamine groups is 1. The zero-order valence-corrected chi connectivity index (χ0v) is 17.6. The van der Waals surface area contributed by atoms with E-state index in [2.05, 4.69) is 0 Å². The topological polar surface area (TPSA) is 104 Å². The number of nitrogens with one attached hydrogen (secondary N) is 1. The van der Waals surface area contributed by atoms with Gasteiger partial charge in [-0.1, -0.05) is 60.7 Å². The lowest BCUT2D eigenvalue weighted by Gasteiger charge is -2.25. The van der Waals surface area contributed by atoms with Gasteiger partial charge in [-0.15, -0.1) is 0 Å². The molecule has 0 aromatic heterocycles. The van der Waals surface area contributed by atoms with Gasteiger partial charge in [-0.2, -0.15) is 0 Å². The summed E-state index contributed by atoms with van der Waals surface area (Å²) < 4.78 is 22.4. The zero-order valence-electron chi connectivity index (χ0n) is 16.8. The average molecular weight is 418 g/mol. The minimum Gasteiger partial charge on any atom is -0.389 e. The van der Waals surface area contributed by atoms with E-state index in [1.807, 2.05) is 54.6 Å². The standard InChI is InChI=1S/C22H27NO5S/c1-16(24)4-5-17-6-10-19(11-7-17)20-12-8-18(9-13-20)14-15-22(2,21(25)23-26)29(3,27)28/h4-13,16,24,26H,14-15H2,1-3H3,(H,23,25)/b5-4+/t16?,22-/m1/s1. The fraction of sp³-hybridized carbons (Fsp3) is 0.318. The smallest absolute Gasteiger partial charge is 0.264 e. The largest absolute Gasteiger partial charge is 0.389 e. The summed E-state index contributed by atoms with van der Waals surface area (Å²) in [6.07, 6.45) is 4.51. The lowest BCUT2D eigenvalue weighted by Crippen LogP contribution is -2.49. The molecule has 7 heteroatoms. The van der Waals surface area contributed by atoms with Crippen LogP contribution in [0.1, 0.15) is 31.4 Å². The lowest BCUT2D eigenvalue weighted by molar-refractivity contribution is -0.131. The van der Waals surface area contributed by atoms with Crippen LogP contribution in [0.4, 0.5) is 0 Å². The number of hydrogen-bond acceptors (Lipinski definition) is 5. The van der Waals surface area contributed by atoms with Crippen molar-refractivity contribution in [2.75, 3.05) is 6.26 Å². The maximum absolute atomic E-state index is 12.0. The van der Waals surface area contributed by atoms with Gasteiger partial charge in [0, 0.05) is 6.26 Å². The van der Waals surface area contributed by atoms with Crippen molar-refractivity contribution < 1.29 is 23.5 Å². The highest BCUT2D eigenvalue weighted by atomic mass is 32.2. The molecular weight excluding hydrogens is 390 g/mol. The Kier molecular flexibility index (Phi) is 7.35. The summed E-state index contributed by atoms with van der Waals surface area (Å²) in [7, 11) is -3.70. The number of sulfone groups is 1. The van der Waals surface area contributed by atoms with Crippen LogP contribution in [-0.4, -0.2) is 41.7 Å². The fourth-order valence-corrected chi connectivity index (χ4v) is 3.72. The molecule has 29 heavy (non-hydrogen) atoms. The third kappa shape index (κ3) is 5.76. The summed E-state index contributed by atoms with van der Waals surface area (Å²) in [4.78, 5) is 11.9. The molecule has 1 amide bonds. The van der Waals surface area contributed by atoms with Crippen LogP contribution in [0, 0.1) is 0 Å². The molecule has 0 saturated carbocycles. The summed E-state index contributed by atoms with van der Waals surface area (Å²) in [5.74, 6) is -0.929. The van der Waals surface area contributed by atoms with E-state index in [-0.39, 0.29) is 6.42 Å². The molecule has 6 nitrogen and oxygen atoms in total. The molecule has 0 spiro atoms.